The van der Waals surface area contributed by atoms with E-state index in [0.717, 1.165) is 17.5 Å². The molecule has 0 aliphatic carbocycles. The molecule has 0 amide bonds. The van der Waals surface area contributed by atoms with Crippen LogP contribution >= 0.6 is 22.9 Å². The van der Waals surface area contributed by atoms with Crippen molar-refractivity contribution < 1.29 is 28.5 Å². The van der Waals surface area contributed by atoms with E-state index in [2.05, 4.69) is 0 Å². The van der Waals surface area contributed by atoms with E-state index in [1.807, 2.05) is 56.3 Å². The van der Waals surface area contributed by atoms with Crippen molar-refractivity contribution in [1.82, 2.24) is 4.57 Å². The Morgan fingerprint density at radius 1 is 0.936 bits per heavy atom. The van der Waals surface area contributed by atoms with Gasteiger partial charge in [0, 0.05) is 10.6 Å². The van der Waals surface area contributed by atoms with Crippen LogP contribution in [0.25, 0.3) is 6.08 Å². The Balaban J connectivity index is 1.63. The molecule has 5 rings (SSSR count). The van der Waals surface area contributed by atoms with Crippen LogP contribution in [0.4, 0.5) is 0 Å². The highest BCUT2D eigenvalue weighted by molar-refractivity contribution is 7.07. The van der Waals surface area contributed by atoms with E-state index in [-0.39, 0.29) is 12.2 Å². The van der Waals surface area contributed by atoms with E-state index in [4.69, 9.17) is 40.3 Å². The molecule has 3 aromatic carbocycles. The number of esters is 1. The first-order valence-corrected chi connectivity index (χ1v) is 16.6. The maximum absolute atomic E-state index is 14.3. The summed E-state index contributed by atoms with van der Waals surface area (Å²) in [6.07, 6.45) is 3.06. The summed E-state index contributed by atoms with van der Waals surface area (Å²) in [5.74, 6) is 1.66. The van der Waals surface area contributed by atoms with E-state index >= 15 is 0 Å². The number of halogens is 1. The fourth-order valence-electron chi connectivity index (χ4n) is 5.36. The van der Waals surface area contributed by atoms with Crippen molar-refractivity contribution in [2.75, 3.05) is 27.4 Å². The summed E-state index contributed by atoms with van der Waals surface area (Å²) >= 11 is 7.27. The van der Waals surface area contributed by atoms with Gasteiger partial charge in [-0.25, -0.2) is 9.79 Å². The largest absolute Gasteiger partial charge is 0.497 e. The summed E-state index contributed by atoms with van der Waals surface area (Å²) in [5, 5.41) is 0.658. The maximum atomic E-state index is 14.3. The highest BCUT2D eigenvalue weighted by Gasteiger charge is 2.36. The molecular formula is C36H37ClN2O7S. The van der Waals surface area contributed by atoms with Crippen molar-refractivity contribution in [2.24, 2.45) is 4.99 Å². The second-order valence-corrected chi connectivity index (χ2v) is 12.0. The molecule has 9 nitrogen and oxygen atoms in total. The van der Waals surface area contributed by atoms with Crippen molar-refractivity contribution in [2.45, 2.75) is 46.3 Å². The van der Waals surface area contributed by atoms with Gasteiger partial charge in [0.2, 0.25) is 0 Å². The van der Waals surface area contributed by atoms with Gasteiger partial charge >= 0.3 is 5.97 Å². The van der Waals surface area contributed by atoms with E-state index in [9.17, 15) is 9.59 Å². The molecule has 11 heteroatoms. The summed E-state index contributed by atoms with van der Waals surface area (Å²) < 4.78 is 30.7. The number of carbonyl (C=O) groups excluding carboxylic acids is 1. The van der Waals surface area contributed by atoms with Gasteiger partial charge in [-0.2, -0.15) is 0 Å². The number of hydrogen-bond acceptors (Lipinski definition) is 9. The zero-order chi connectivity index (χ0) is 33.5. The molecule has 0 unspecified atom stereocenters. The molecule has 0 fully saturated rings. The van der Waals surface area contributed by atoms with Crippen LogP contribution in [0.5, 0.6) is 23.0 Å². The number of nitrogens with zero attached hydrogens (tertiary/aromatic N) is 2. The normalized spacial score (nSPS) is 14.3. The SMILES string of the molecule is CCCC1=C(C(=O)OCC)[C@@H](c2cc(OC)ccc2OC)n2c(s/c(=C\c3ccc(OCc4ccc(Cl)cc4)c(OCC)c3)c2=O)=N1. The number of thiazole rings is 1. The van der Waals surface area contributed by atoms with Gasteiger partial charge in [0.15, 0.2) is 16.3 Å². The van der Waals surface area contributed by atoms with Crippen LogP contribution in [0.1, 0.15) is 56.3 Å². The summed E-state index contributed by atoms with van der Waals surface area (Å²) in [6, 6.07) is 17.5. The fraction of sp³-hybridized carbons (Fsp3) is 0.306. The lowest BCUT2D eigenvalue weighted by Crippen LogP contribution is -2.40. The molecule has 1 aliphatic heterocycles. The minimum Gasteiger partial charge on any atom is -0.497 e. The lowest BCUT2D eigenvalue weighted by atomic mass is 9.93. The van der Waals surface area contributed by atoms with Gasteiger partial charge in [-0.3, -0.25) is 9.36 Å². The second-order valence-electron chi connectivity index (χ2n) is 10.6. The molecule has 0 saturated heterocycles. The van der Waals surface area contributed by atoms with Gasteiger partial charge in [-0.05, 0) is 79.9 Å². The number of rotatable bonds is 13. The maximum Gasteiger partial charge on any atom is 0.338 e. The Bertz CT molecular complexity index is 1960. The average molecular weight is 677 g/mol. The van der Waals surface area contributed by atoms with Crippen molar-refractivity contribution in [3.63, 3.8) is 0 Å². The third kappa shape index (κ3) is 7.39. The zero-order valence-corrected chi connectivity index (χ0v) is 28.6. The monoisotopic (exact) mass is 676 g/mol. The molecule has 47 heavy (non-hydrogen) atoms. The number of ether oxygens (including phenoxy) is 5. The van der Waals surface area contributed by atoms with Gasteiger partial charge in [0.1, 0.15) is 24.1 Å². The average Bonchev–Trinajstić information content (AvgIpc) is 3.38. The number of allylic oxidation sites excluding steroid dienone is 1. The van der Waals surface area contributed by atoms with Gasteiger partial charge in [0.05, 0.1) is 43.2 Å². The van der Waals surface area contributed by atoms with Crippen LogP contribution in [0, 0.1) is 0 Å². The lowest BCUT2D eigenvalue weighted by molar-refractivity contribution is -0.139. The number of aromatic nitrogens is 1. The van der Waals surface area contributed by atoms with Gasteiger partial charge in [-0.1, -0.05) is 54.5 Å². The summed E-state index contributed by atoms with van der Waals surface area (Å²) in [5.41, 5.74) is 2.88. The predicted molar refractivity (Wildman–Crippen MR) is 183 cm³/mol. The molecule has 0 spiro atoms. The van der Waals surface area contributed by atoms with Crippen molar-refractivity contribution in [3.05, 3.63) is 113 Å². The minimum absolute atomic E-state index is 0.176. The third-order valence-corrected chi connectivity index (χ3v) is 8.73. The minimum atomic E-state index is -0.846. The zero-order valence-electron chi connectivity index (χ0n) is 27.0. The van der Waals surface area contributed by atoms with Gasteiger partial charge in [-0.15, -0.1) is 0 Å². The molecule has 0 saturated carbocycles. The first-order chi connectivity index (χ1) is 22.8. The van der Waals surface area contributed by atoms with Crippen molar-refractivity contribution in [3.8, 4) is 23.0 Å². The van der Waals surface area contributed by atoms with Crippen LogP contribution in [-0.2, 0) is 16.1 Å². The van der Waals surface area contributed by atoms with Gasteiger partial charge in [0.25, 0.3) is 5.56 Å². The van der Waals surface area contributed by atoms with Crippen LogP contribution in [-0.4, -0.2) is 38.0 Å². The Morgan fingerprint density at radius 3 is 2.38 bits per heavy atom. The fourth-order valence-corrected chi connectivity index (χ4v) is 6.51. The lowest BCUT2D eigenvalue weighted by Gasteiger charge is -2.27. The Morgan fingerprint density at radius 2 is 1.70 bits per heavy atom. The number of hydrogen-bond donors (Lipinski definition) is 0. The van der Waals surface area contributed by atoms with E-state index in [1.54, 1.807) is 50.0 Å². The Labute approximate surface area is 282 Å². The number of carbonyl (C=O) groups is 1. The first kappa shape index (κ1) is 33.8. The molecule has 246 valence electrons. The van der Waals surface area contributed by atoms with Crippen LogP contribution in [0.2, 0.25) is 5.02 Å². The Kier molecular flexibility index (Phi) is 11.1. The molecule has 1 aromatic heterocycles. The van der Waals surface area contributed by atoms with Gasteiger partial charge < -0.3 is 23.7 Å². The number of fused-ring (bicyclic) bond motifs is 1. The third-order valence-electron chi connectivity index (χ3n) is 7.50. The molecule has 0 N–H and O–H groups in total. The van der Waals surface area contributed by atoms with E-state index < -0.39 is 12.0 Å². The van der Waals surface area contributed by atoms with Crippen LogP contribution in [0.3, 0.4) is 0 Å². The second kappa shape index (κ2) is 15.4. The van der Waals surface area contributed by atoms with E-state index in [0.29, 0.717) is 73.8 Å². The number of benzene rings is 3. The summed E-state index contributed by atoms with van der Waals surface area (Å²) in [7, 11) is 3.11. The molecule has 4 aromatic rings. The summed E-state index contributed by atoms with van der Waals surface area (Å²) in [4.78, 5) is 33.2. The number of methoxy groups -OCH3 is 2. The predicted octanol–water partition coefficient (Wildman–Crippen LogP) is 6.23. The topological polar surface area (TPSA) is 97.6 Å². The van der Waals surface area contributed by atoms with Crippen LogP contribution < -0.4 is 33.8 Å². The molecule has 1 aliphatic rings. The van der Waals surface area contributed by atoms with E-state index in [1.165, 1.54) is 11.3 Å². The quantitative estimate of drug-likeness (QED) is 0.155. The highest BCUT2D eigenvalue weighted by Crippen LogP contribution is 2.39. The molecule has 0 bridgehead atoms. The van der Waals surface area contributed by atoms with Crippen molar-refractivity contribution >= 4 is 35.0 Å². The molecule has 0 radical (unpaired) electrons. The first-order valence-electron chi connectivity index (χ1n) is 15.4. The molecule has 1 atom stereocenters. The molecular weight excluding hydrogens is 640 g/mol. The smallest absolute Gasteiger partial charge is 0.338 e. The standard InChI is InChI=1S/C36H37ClN2O7S/c1-6-9-27-32(35(41)45-8-3)33(26-20-25(42-4)15-17-28(26)43-5)39-34(40)31(47-36(39)38-27)19-23-12-16-29(30(18-23)44-7-2)46-21-22-10-13-24(37)14-11-22/h10-20,33H,6-9,21H2,1-5H3/b31-19-/t33-/m1/s1. The molecule has 2 heterocycles. The van der Waals surface area contributed by atoms with Crippen molar-refractivity contribution in [1.29, 1.82) is 0 Å². The Hall–Kier alpha value is -4.54. The summed E-state index contributed by atoms with van der Waals surface area (Å²) in [6.45, 7) is 6.61. The van der Waals surface area contributed by atoms with Crippen LogP contribution in [0.15, 0.2) is 81.7 Å². The highest BCUT2D eigenvalue weighted by atomic mass is 35.5.